The molecule has 0 heterocycles. The summed E-state index contributed by atoms with van der Waals surface area (Å²) < 4.78 is 0. The number of anilines is 6. The number of benzene rings is 5. The van der Waals surface area contributed by atoms with Crippen LogP contribution in [0, 0.1) is 0 Å². The highest BCUT2D eigenvalue weighted by Crippen LogP contribution is 2.28. The van der Waals surface area contributed by atoms with Crippen molar-refractivity contribution in [1.82, 2.24) is 0 Å². The molecule has 166 valence electrons. The van der Waals surface area contributed by atoms with Gasteiger partial charge in [0.1, 0.15) is 0 Å². The molecule has 34 heavy (non-hydrogen) atoms. The molecule has 0 spiro atoms. The van der Waals surface area contributed by atoms with Gasteiger partial charge in [0.25, 0.3) is 0 Å². The Morgan fingerprint density at radius 2 is 0.529 bits per heavy atom. The average Bonchev–Trinajstić information content (AvgIpc) is 2.93. The third kappa shape index (κ3) is 5.03. The zero-order valence-electron chi connectivity index (χ0n) is 18.8. The van der Waals surface area contributed by atoms with E-state index in [1.165, 1.54) is 0 Å². The summed E-state index contributed by atoms with van der Waals surface area (Å²) in [7, 11) is 0. The first-order chi connectivity index (χ1) is 16.9. The maximum absolute atomic E-state index is 3.55. The molecule has 4 heteroatoms. The quantitative estimate of drug-likeness (QED) is 0.238. The van der Waals surface area contributed by atoms with E-state index in [0.29, 0.717) is 0 Å². The van der Waals surface area contributed by atoms with Crippen molar-refractivity contribution in [2.75, 3.05) is 20.9 Å². The van der Waals surface area contributed by atoms with Gasteiger partial charge in [0, 0.05) is 0 Å². The average molecular weight is 443 g/mol. The largest absolute Gasteiger partial charge is 0.294 e. The monoisotopic (exact) mass is 442 g/mol. The van der Waals surface area contributed by atoms with Crippen LogP contribution in [0.15, 0.2) is 146 Å². The topological polar surface area (TPSA) is 30.5 Å². The van der Waals surface area contributed by atoms with Crippen LogP contribution in [0.2, 0.25) is 0 Å². The van der Waals surface area contributed by atoms with Crippen LogP contribution in [0.1, 0.15) is 0 Å². The highest BCUT2D eigenvalue weighted by atomic mass is 15.5. The Labute approximate surface area is 200 Å². The van der Waals surface area contributed by atoms with Crippen molar-refractivity contribution in [3.8, 4) is 0 Å². The lowest BCUT2D eigenvalue weighted by Gasteiger charge is -2.28. The summed E-state index contributed by atoms with van der Waals surface area (Å²) in [6, 6.07) is 49.5. The molecular formula is C30H26N4. The maximum atomic E-state index is 3.55. The molecule has 0 unspecified atom stereocenters. The van der Waals surface area contributed by atoms with Crippen LogP contribution in [-0.4, -0.2) is 0 Å². The molecule has 2 N–H and O–H groups in total. The number of para-hydroxylation sites is 4. The Hall–Kier alpha value is -4.70. The third-order valence-electron chi connectivity index (χ3n) is 5.42. The minimum absolute atomic E-state index is 0.990. The number of hydrazine groups is 2. The van der Waals surface area contributed by atoms with Crippen molar-refractivity contribution in [3.63, 3.8) is 0 Å². The van der Waals surface area contributed by atoms with Gasteiger partial charge >= 0.3 is 0 Å². The Balaban J connectivity index is 1.38. The van der Waals surface area contributed by atoms with Crippen LogP contribution in [0.3, 0.4) is 0 Å². The van der Waals surface area contributed by atoms with E-state index in [4.69, 9.17) is 0 Å². The molecule has 0 saturated carbocycles. The normalized spacial score (nSPS) is 10.4. The lowest BCUT2D eigenvalue weighted by molar-refractivity contribution is 1.15. The highest BCUT2D eigenvalue weighted by Gasteiger charge is 2.11. The van der Waals surface area contributed by atoms with Gasteiger partial charge in [0.05, 0.1) is 34.1 Å². The first kappa shape index (κ1) is 21.2. The van der Waals surface area contributed by atoms with Crippen molar-refractivity contribution in [3.05, 3.63) is 146 Å². The number of hydrogen-bond donors (Lipinski definition) is 2. The molecule has 4 nitrogen and oxygen atoms in total. The Morgan fingerprint density at radius 1 is 0.294 bits per heavy atom. The summed E-state index contributed by atoms with van der Waals surface area (Å²) >= 11 is 0. The SMILES string of the molecule is c1ccc(N(Nc2ccc(NN(c3ccccc3)c3ccccc3)cc2)c2ccccc2)cc1. The van der Waals surface area contributed by atoms with E-state index >= 15 is 0 Å². The molecule has 0 bridgehead atoms. The minimum Gasteiger partial charge on any atom is -0.294 e. The predicted octanol–water partition coefficient (Wildman–Crippen LogP) is 8.02. The summed E-state index contributed by atoms with van der Waals surface area (Å²) in [6.07, 6.45) is 0. The number of rotatable bonds is 8. The van der Waals surface area contributed by atoms with Gasteiger partial charge in [0.2, 0.25) is 0 Å². The second-order valence-corrected chi connectivity index (χ2v) is 7.81. The molecule has 0 aliphatic rings. The summed E-state index contributed by atoms with van der Waals surface area (Å²) in [4.78, 5) is 0. The molecule has 0 aliphatic carbocycles. The van der Waals surface area contributed by atoms with E-state index < -0.39 is 0 Å². The van der Waals surface area contributed by atoms with Gasteiger partial charge in [-0.25, -0.2) is 0 Å². The summed E-state index contributed by atoms with van der Waals surface area (Å²) in [5.74, 6) is 0. The van der Waals surface area contributed by atoms with E-state index in [1.54, 1.807) is 0 Å². The molecule has 0 radical (unpaired) electrons. The van der Waals surface area contributed by atoms with Crippen molar-refractivity contribution >= 4 is 34.1 Å². The molecule has 5 aromatic rings. The molecule has 5 aromatic carbocycles. The number of nitrogens with one attached hydrogen (secondary N) is 2. The standard InChI is InChI=1S/C30H26N4/c1-5-13-27(14-6-1)33(28-15-7-2-8-16-28)31-25-21-23-26(24-22-25)32-34(29-17-9-3-10-18-29)30-19-11-4-12-20-30/h1-24,31-32H. The fourth-order valence-electron chi connectivity index (χ4n) is 3.74. The van der Waals surface area contributed by atoms with Crippen LogP contribution >= 0.6 is 0 Å². The second kappa shape index (κ2) is 10.3. The van der Waals surface area contributed by atoms with Crippen molar-refractivity contribution < 1.29 is 0 Å². The summed E-state index contributed by atoms with van der Waals surface area (Å²) in [5, 5.41) is 4.17. The van der Waals surface area contributed by atoms with Gasteiger partial charge in [-0.1, -0.05) is 72.8 Å². The van der Waals surface area contributed by atoms with E-state index in [1.807, 2.05) is 72.8 Å². The Kier molecular flexibility index (Phi) is 6.40. The predicted molar refractivity (Wildman–Crippen MR) is 144 cm³/mol. The molecule has 0 atom stereocenters. The van der Waals surface area contributed by atoms with E-state index in [0.717, 1.165) is 34.1 Å². The van der Waals surface area contributed by atoms with E-state index in [2.05, 4.69) is 93.7 Å². The van der Waals surface area contributed by atoms with Crippen LogP contribution in [0.5, 0.6) is 0 Å². The molecule has 5 rings (SSSR count). The van der Waals surface area contributed by atoms with E-state index in [9.17, 15) is 0 Å². The lowest BCUT2D eigenvalue weighted by atomic mass is 10.2. The number of nitrogens with zero attached hydrogens (tertiary/aromatic N) is 2. The highest BCUT2D eigenvalue weighted by molar-refractivity contribution is 5.71. The zero-order chi connectivity index (χ0) is 23.0. The fourth-order valence-corrected chi connectivity index (χ4v) is 3.74. The van der Waals surface area contributed by atoms with Gasteiger partial charge in [-0.15, -0.1) is 0 Å². The smallest absolute Gasteiger partial charge is 0.0630 e. The van der Waals surface area contributed by atoms with Crippen molar-refractivity contribution in [2.24, 2.45) is 0 Å². The molecular weight excluding hydrogens is 416 g/mol. The Bertz CT molecular complexity index is 1090. The van der Waals surface area contributed by atoms with Gasteiger partial charge in [0.15, 0.2) is 0 Å². The van der Waals surface area contributed by atoms with Crippen LogP contribution in [-0.2, 0) is 0 Å². The lowest BCUT2D eigenvalue weighted by Crippen LogP contribution is -2.25. The van der Waals surface area contributed by atoms with Gasteiger partial charge in [-0.2, -0.15) is 0 Å². The Morgan fingerprint density at radius 3 is 0.765 bits per heavy atom. The molecule has 0 aliphatic heterocycles. The second-order valence-electron chi connectivity index (χ2n) is 7.81. The van der Waals surface area contributed by atoms with Crippen LogP contribution < -0.4 is 20.9 Å². The van der Waals surface area contributed by atoms with Crippen molar-refractivity contribution in [2.45, 2.75) is 0 Å². The first-order valence-corrected chi connectivity index (χ1v) is 11.3. The van der Waals surface area contributed by atoms with Crippen molar-refractivity contribution in [1.29, 1.82) is 0 Å². The van der Waals surface area contributed by atoms with Gasteiger partial charge in [-0.3, -0.25) is 20.9 Å². The third-order valence-corrected chi connectivity index (χ3v) is 5.42. The molecule has 0 aromatic heterocycles. The fraction of sp³-hybridized carbons (Fsp3) is 0. The van der Waals surface area contributed by atoms with Gasteiger partial charge < -0.3 is 0 Å². The van der Waals surface area contributed by atoms with E-state index in [-0.39, 0.29) is 0 Å². The van der Waals surface area contributed by atoms with Gasteiger partial charge in [-0.05, 0) is 72.8 Å². The number of hydrogen-bond acceptors (Lipinski definition) is 4. The molecule has 0 amide bonds. The first-order valence-electron chi connectivity index (χ1n) is 11.3. The molecule has 0 saturated heterocycles. The summed E-state index contributed by atoms with van der Waals surface area (Å²) in [5.41, 5.74) is 13.3. The summed E-state index contributed by atoms with van der Waals surface area (Å²) in [6.45, 7) is 0. The molecule has 0 fully saturated rings. The van der Waals surface area contributed by atoms with Crippen LogP contribution in [0.4, 0.5) is 34.1 Å². The van der Waals surface area contributed by atoms with Crippen LogP contribution in [0.25, 0.3) is 0 Å². The maximum Gasteiger partial charge on any atom is 0.0630 e. The minimum atomic E-state index is 0.990. The zero-order valence-corrected chi connectivity index (χ0v) is 18.8.